The summed E-state index contributed by atoms with van der Waals surface area (Å²) in [5.41, 5.74) is 0.762. The molecular weight excluding hydrogens is 352 g/mol. The molecule has 2 fully saturated rings. The average molecular weight is 376 g/mol. The zero-order valence-electron chi connectivity index (χ0n) is 15.5. The van der Waals surface area contributed by atoms with Crippen LogP contribution in [0.25, 0.3) is 4.96 Å². The van der Waals surface area contributed by atoms with Crippen molar-refractivity contribution in [3.63, 3.8) is 0 Å². The van der Waals surface area contributed by atoms with Crippen LogP contribution in [0.2, 0.25) is 0 Å². The molecule has 26 heavy (non-hydrogen) atoms. The Hall–Kier alpha value is -2.09. The molecule has 3 atom stereocenters. The minimum atomic E-state index is -0.517. The van der Waals surface area contributed by atoms with E-state index in [2.05, 4.69) is 10.3 Å². The van der Waals surface area contributed by atoms with Crippen LogP contribution in [0, 0.1) is 12.8 Å². The van der Waals surface area contributed by atoms with Crippen LogP contribution in [0.15, 0.2) is 11.6 Å². The van der Waals surface area contributed by atoms with Crippen LogP contribution in [0.3, 0.4) is 0 Å². The second kappa shape index (κ2) is 5.97. The molecule has 0 bridgehead atoms. The number of nitrogens with one attached hydrogen (secondary N) is 1. The molecule has 1 aliphatic heterocycles. The van der Waals surface area contributed by atoms with Gasteiger partial charge in [0, 0.05) is 24.2 Å². The minimum absolute atomic E-state index is 0.0104. The summed E-state index contributed by atoms with van der Waals surface area (Å²) < 4.78 is 7.37. The molecule has 2 aliphatic rings. The smallest absolute Gasteiger partial charge is 0.410 e. The monoisotopic (exact) mass is 376 g/mol. The lowest BCUT2D eigenvalue weighted by Crippen LogP contribution is -2.47. The number of amides is 2. The van der Waals surface area contributed by atoms with Crippen LogP contribution < -0.4 is 5.32 Å². The van der Waals surface area contributed by atoms with Gasteiger partial charge in [-0.1, -0.05) is 0 Å². The van der Waals surface area contributed by atoms with Gasteiger partial charge in [0.15, 0.2) is 4.96 Å². The summed E-state index contributed by atoms with van der Waals surface area (Å²) in [6.07, 6.45) is 3.54. The Labute approximate surface area is 156 Å². The van der Waals surface area contributed by atoms with E-state index in [-0.39, 0.29) is 24.1 Å². The van der Waals surface area contributed by atoms with Gasteiger partial charge in [-0.05, 0) is 46.5 Å². The lowest BCUT2D eigenvalue weighted by molar-refractivity contribution is 0.0183. The standard InChI is InChI=1S/C18H24N4O3S/c1-10-14(21-5-6-26-16(21)20-10)15(23)19-9-12-7-11-8-13(11)22(12)17(24)25-18(2,3)4/h5-6,11-13H,7-9H2,1-4H3,(H,19,23). The van der Waals surface area contributed by atoms with Gasteiger partial charge >= 0.3 is 6.09 Å². The third-order valence-electron chi connectivity index (χ3n) is 4.96. The summed E-state index contributed by atoms with van der Waals surface area (Å²) >= 11 is 1.50. The number of carbonyl (C=O) groups excluding carboxylic acids is 2. The largest absolute Gasteiger partial charge is 0.444 e. The van der Waals surface area contributed by atoms with E-state index in [9.17, 15) is 9.59 Å². The minimum Gasteiger partial charge on any atom is -0.444 e. The van der Waals surface area contributed by atoms with Crippen LogP contribution in [-0.4, -0.2) is 50.5 Å². The molecule has 1 saturated carbocycles. The van der Waals surface area contributed by atoms with E-state index in [0.29, 0.717) is 23.9 Å². The van der Waals surface area contributed by atoms with Crippen molar-refractivity contribution in [2.75, 3.05) is 6.54 Å². The Kier molecular flexibility index (Phi) is 3.98. The summed E-state index contributed by atoms with van der Waals surface area (Å²) in [5, 5.41) is 4.90. The summed E-state index contributed by atoms with van der Waals surface area (Å²) in [4.78, 5) is 32.3. The number of likely N-dealkylation sites (tertiary alicyclic amines) is 1. The number of aromatic nitrogens is 2. The fourth-order valence-corrected chi connectivity index (χ4v) is 4.56. The Morgan fingerprint density at radius 2 is 2.15 bits per heavy atom. The average Bonchev–Trinajstić information content (AvgIpc) is 2.88. The quantitative estimate of drug-likeness (QED) is 0.894. The molecule has 0 spiro atoms. The molecule has 140 valence electrons. The fraction of sp³-hybridized carbons (Fsp3) is 0.611. The van der Waals surface area contributed by atoms with Gasteiger partial charge in [-0.15, -0.1) is 11.3 Å². The number of piperidine rings is 1. The summed E-state index contributed by atoms with van der Waals surface area (Å²) in [7, 11) is 0. The first-order valence-electron chi connectivity index (χ1n) is 8.96. The highest BCUT2D eigenvalue weighted by Crippen LogP contribution is 2.48. The molecular formula is C18H24N4O3S. The van der Waals surface area contributed by atoms with Crippen LogP contribution in [0.4, 0.5) is 4.79 Å². The molecule has 2 aromatic heterocycles. The maximum Gasteiger partial charge on any atom is 0.410 e. The zero-order chi connectivity index (χ0) is 18.6. The van der Waals surface area contributed by atoms with Crippen LogP contribution in [0.1, 0.15) is 49.8 Å². The van der Waals surface area contributed by atoms with E-state index in [4.69, 9.17) is 4.74 Å². The van der Waals surface area contributed by atoms with Gasteiger partial charge < -0.3 is 15.0 Å². The highest BCUT2D eigenvalue weighted by Gasteiger charge is 2.54. The number of nitrogens with zero attached hydrogens (tertiary/aromatic N) is 3. The van der Waals surface area contributed by atoms with Gasteiger partial charge in [0.1, 0.15) is 11.3 Å². The second-order valence-electron chi connectivity index (χ2n) is 8.15. The summed E-state index contributed by atoms with van der Waals surface area (Å²) in [6, 6.07) is 0.260. The molecule has 1 N–H and O–H groups in total. The van der Waals surface area contributed by atoms with Gasteiger partial charge in [-0.2, -0.15) is 0 Å². The molecule has 8 heteroatoms. The zero-order valence-corrected chi connectivity index (χ0v) is 16.3. The number of rotatable bonds is 3. The SMILES string of the molecule is Cc1nc2sccn2c1C(=O)NCC1CC2CC2N1C(=O)OC(C)(C)C. The normalized spacial score (nSPS) is 24.6. The van der Waals surface area contributed by atoms with Crippen molar-refractivity contribution in [2.45, 2.75) is 58.2 Å². The second-order valence-corrected chi connectivity index (χ2v) is 9.02. The Bertz CT molecular complexity index is 866. The molecule has 2 amide bonds. The van der Waals surface area contributed by atoms with Crippen LogP contribution >= 0.6 is 11.3 Å². The van der Waals surface area contributed by atoms with Crippen molar-refractivity contribution in [1.82, 2.24) is 19.6 Å². The van der Waals surface area contributed by atoms with Crippen molar-refractivity contribution in [3.8, 4) is 0 Å². The number of carbonyl (C=O) groups is 2. The van der Waals surface area contributed by atoms with E-state index in [1.54, 1.807) is 0 Å². The molecule has 1 saturated heterocycles. The molecule has 1 aliphatic carbocycles. The number of fused-ring (bicyclic) bond motifs is 2. The van der Waals surface area contributed by atoms with Crippen molar-refractivity contribution >= 4 is 28.3 Å². The Morgan fingerprint density at radius 3 is 2.88 bits per heavy atom. The van der Waals surface area contributed by atoms with Gasteiger partial charge in [0.25, 0.3) is 5.91 Å². The predicted octanol–water partition coefficient (Wildman–Crippen LogP) is 2.83. The number of ether oxygens (including phenoxy) is 1. The first-order chi connectivity index (χ1) is 12.2. The topological polar surface area (TPSA) is 75.9 Å². The lowest BCUT2D eigenvalue weighted by atomic mass is 10.1. The number of imidazole rings is 1. The molecule has 0 radical (unpaired) electrons. The van der Waals surface area contributed by atoms with E-state index in [1.165, 1.54) is 11.3 Å². The van der Waals surface area contributed by atoms with E-state index in [1.807, 2.05) is 48.6 Å². The van der Waals surface area contributed by atoms with E-state index < -0.39 is 5.60 Å². The first-order valence-corrected chi connectivity index (χ1v) is 9.84. The van der Waals surface area contributed by atoms with Crippen molar-refractivity contribution < 1.29 is 14.3 Å². The maximum absolute atomic E-state index is 12.7. The molecule has 4 rings (SSSR count). The third-order valence-corrected chi connectivity index (χ3v) is 5.72. The molecule has 3 unspecified atom stereocenters. The lowest BCUT2D eigenvalue weighted by Gasteiger charge is -2.30. The first kappa shape index (κ1) is 17.3. The fourth-order valence-electron chi connectivity index (χ4n) is 3.80. The van der Waals surface area contributed by atoms with Crippen molar-refractivity contribution in [2.24, 2.45) is 5.92 Å². The number of aryl methyl sites for hydroxylation is 1. The van der Waals surface area contributed by atoms with Crippen molar-refractivity contribution in [3.05, 3.63) is 23.0 Å². The Balaban J connectivity index is 1.44. The van der Waals surface area contributed by atoms with Crippen LogP contribution in [-0.2, 0) is 4.74 Å². The van der Waals surface area contributed by atoms with Crippen molar-refractivity contribution in [1.29, 1.82) is 0 Å². The maximum atomic E-state index is 12.7. The number of hydrogen-bond acceptors (Lipinski definition) is 5. The summed E-state index contributed by atoms with van der Waals surface area (Å²) in [6.45, 7) is 7.89. The van der Waals surface area contributed by atoms with Gasteiger partial charge in [0.2, 0.25) is 0 Å². The third kappa shape index (κ3) is 3.06. The van der Waals surface area contributed by atoms with Crippen LogP contribution in [0.5, 0.6) is 0 Å². The molecule has 3 heterocycles. The van der Waals surface area contributed by atoms with Gasteiger partial charge in [0.05, 0.1) is 11.7 Å². The number of thiazole rings is 1. The summed E-state index contributed by atoms with van der Waals surface area (Å²) in [5.74, 6) is 0.391. The Morgan fingerprint density at radius 1 is 1.38 bits per heavy atom. The highest BCUT2D eigenvalue weighted by atomic mass is 32.1. The molecule has 7 nitrogen and oxygen atoms in total. The predicted molar refractivity (Wildman–Crippen MR) is 98.5 cm³/mol. The van der Waals surface area contributed by atoms with E-state index in [0.717, 1.165) is 17.8 Å². The molecule has 2 aromatic rings. The van der Waals surface area contributed by atoms with Gasteiger partial charge in [-0.3, -0.25) is 9.20 Å². The highest BCUT2D eigenvalue weighted by molar-refractivity contribution is 7.15. The van der Waals surface area contributed by atoms with E-state index >= 15 is 0 Å². The molecule has 0 aromatic carbocycles. The van der Waals surface area contributed by atoms with Gasteiger partial charge in [-0.25, -0.2) is 9.78 Å². The number of hydrogen-bond donors (Lipinski definition) is 1.